The second kappa shape index (κ2) is 7.63. The molecule has 26 heavy (non-hydrogen) atoms. The summed E-state index contributed by atoms with van der Waals surface area (Å²) in [6.45, 7) is 3.01. The lowest BCUT2D eigenvalue weighted by atomic mass is 10.1. The van der Waals surface area contributed by atoms with Crippen LogP contribution in [0.1, 0.15) is 26.2 Å². The van der Waals surface area contributed by atoms with E-state index in [1.807, 2.05) is 0 Å². The van der Waals surface area contributed by atoms with Gasteiger partial charge in [-0.25, -0.2) is 0 Å². The summed E-state index contributed by atoms with van der Waals surface area (Å²) >= 11 is 0. The quantitative estimate of drug-likeness (QED) is 0.787. The number of carboxylic acids is 1. The summed E-state index contributed by atoms with van der Waals surface area (Å²) in [5.74, 6) is -0.462. The van der Waals surface area contributed by atoms with E-state index in [1.165, 1.54) is 0 Å². The molecule has 1 saturated heterocycles. The molecule has 8 heteroatoms. The number of carbonyl (C=O) groups excluding carboxylic acids is 2. The summed E-state index contributed by atoms with van der Waals surface area (Å²) in [7, 11) is 0. The highest BCUT2D eigenvalue weighted by Crippen LogP contribution is 2.35. The minimum Gasteiger partial charge on any atom is -0.486 e. The second-order valence-electron chi connectivity index (χ2n) is 6.58. The lowest BCUT2D eigenvalue weighted by molar-refractivity contribution is -0.137. The van der Waals surface area contributed by atoms with E-state index in [-0.39, 0.29) is 37.2 Å². The van der Waals surface area contributed by atoms with Gasteiger partial charge in [-0.1, -0.05) is 0 Å². The highest BCUT2D eigenvalue weighted by Gasteiger charge is 2.36. The Morgan fingerprint density at radius 1 is 1.31 bits per heavy atom. The number of fused-ring (bicyclic) bond motifs is 1. The zero-order valence-corrected chi connectivity index (χ0v) is 14.6. The van der Waals surface area contributed by atoms with Crippen molar-refractivity contribution in [2.24, 2.45) is 5.92 Å². The van der Waals surface area contributed by atoms with Crippen molar-refractivity contribution in [2.45, 2.75) is 32.2 Å². The molecule has 1 fully saturated rings. The summed E-state index contributed by atoms with van der Waals surface area (Å²) in [4.78, 5) is 36.9. The Balaban J connectivity index is 1.61. The van der Waals surface area contributed by atoms with Gasteiger partial charge in [0.2, 0.25) is 11.8 Å². The summed E-state index contributed by atoms with van der Waals surface area (Å²) in [6, 6.07) is 5.04. The van der Waals surface area contributed by atoms with Crippen LogP contribution in [0.3, 0.4) is 0 Å². The lowest BCUT2D eigenvalue weighted by Crippen LogP contribution is -2.38. The van der Waals surface area contributed by atoms with E-state index in [1.54, 1.807) is 30.0 Å². The van der Waals surface area contributed by atoms with Gasteiger partial charge in [-0.15, -0.1) is 0 Å². The van der Waals surface area contributed by atoms with Crippen LogP contribution in [0.4, 0.5) is 5.69 Å². The molecule has 3 rings (SSSR count). The van der Waals surface area contributed by atoms with Crippen LogP contribution in [-0.2, 0) is 14.4 Å². The van der Waals surface area contributed by atoms with Crippen LogP contribution in [0.2, 0.25) is 0 Å². The molecular weight excluding hydrogens is 340 g/mol. The first-order chi connectivity index (χ1) is 12.4. The number of carboxylic acid groups (broad SMARTS) is 1. The van der Waals surface area contributed by atoms with E-state index in [0.29, 0.717) is 36.8 Å². The molecule has 2 aliphatic heterocycles. The zero-order valence-electron chi connectivity index (χ0n) is 14.6. The minimum atomic E-state index is -0.896. The molecule has 1 aromatic rings. The van der Waals surface area contributed by atoms with E-state index in [0.717, 1.165) is 0 Å². The molecule has 2 aliphatic rings. The summed E-state index contributed by atoms with van der Waals surface area (Å²) in [6.07, 6.45) is 0.480. The maximum absolute atomic E-state index is 12.4. The Morgan fingerprint density at radius 3 is 2.77 bits per heavy atom. The number of nitrogens with zero attached hydrogens (tertiary/aromatic N) is 1. The second-order valence-corrected chi connectivity index (χ2v) is 6.58. The summed E-state index contributed by atoms with van der Waals surface area (Å²) in [5, 5.41) is 11.5. The molecule has 140 valence electrons. The molecule has 2 atom stereocenters. The molecule has 0 aromatic heterocycles. The van der Waals surface area contributed by atoms with Gasteiger partial charge in [0.05, 0.1) is 5.92 Å². The fourth-order valence-electron chi connectivity index (χ4n) is 3.11. The van der Waals surface area contributed by atoms with E-state index in [2.05, 4.69) is 5.32 Å². The molecule has 8 nitrogen and oxygen atoms in total. The maximum Gasteiger partial charge on any atom is 0.303 e. The lowest BCUT2D eigenvalue weighted by Gasteiger charge is -2.22. The minimum absolute atomic E-state index is 0.00559. The van der Waals surface area contributed by atoms with Crippen LogP contribution in [-0.4, -0.2) is 48.7 Å². The van der Waals surface area contributed by atoms with Gasteiger partial charge in [0.25, 0.3) is 0 Å². The van der Waals surface area contributed by atoms with Gasteiger partial charge in [0.15, 0.2) is 11.5 Å². The summed E-state index contributed by atoms with van der Waals surface area (Å²) in [5.41, 5.74) is 0.675. The van der Waals surface area contributed by atoms with Crippen LogP contribution < -0.4 is 19.7 Å². The standard InChI is InChI=1S/C18H22N2O6/c1-11(2-5-17(22)23)19-18(24)12-8-16(21)20(10-12)13-3-4-14-15(9-13)26-7-6-25-14/h3-4,9,11-12H,2,5-8,10H2,1H3,(H,19,24)(H,22,23). The van der Waals surface area contributed by atoms with Gasteiger partial charge >= 0.3 is 5.97 Å². The molecule has 2 amide bonds. The largest absolute Gasteiger partial charge is 0.486 e. The molecule has 2 N–H and O–H groups in total. The number of benzene rings is 1. The van der Waals surface area contributed by atoms with E-state index in [9.17, 15) is 14.4 Å². The van der Waals surface area contributed by atoms with Crippen molar-refractivity contribution in [3.63, 3.8) is 0 Å². The number of aliphatic carboxylic acids is 1. The fraction of sp³-hybridized carbons (Fsp3) is 0.500. The normalized spacial score (nSPS) is 20.0. The Morgan fingerprint density at radius 2 is 2.04 bits per heavy atom. The monoisotopic (exact) mass is 362 g/mol. The number of ether oxygens (including phenoxy) is 2. The highest BCUT2D eigenvalue weighted by atomic mass is 16.6. The predicted molar refractivity (Wildman–Crippen MR) is 92.4 cm³/mol. The zero-order chi connectivity index (χ0) is 18.7. The van der Waals surface area contributed by atoms with Crippen molar-refractivity contribution in [2.75, 3.05) is 24.7 Å². The van der Waals surface area contributed by atoms with Crippen LogP contribution in [0.5, 0.6) is 11.5 Å². The van der Waals surface area contributed by atoms with Crippen molar-refractivity contribution in [1.29, 1.82) is 0 Å². The Bertz CT molecular complexity index is 720. The van der Waals surface area contributed by atoms with Gasteiger partial charge < -0.3 is 24.8 Å². The van der Waals surface area contributed by atoms with Gasteiger partial charge in [-0.3, -0.25) is 14.4 Å². The molecule has 1 aromatic carbocycles. The number of amides is 2. The van der Waals surface area contributed by atoms with Crippen LogP contribution >= 0.6 is 0 Å². The van der Waals surface area contributed by atoms with E-state index in [4.69, 9.17) is 14.6 Å². The van der Waals surface area contributed by atoms with Gasteiger partial charge in [-0.05, 0) is 25.5 Å². The third-order valence-electron chi connectivity index (χ3n) is 4.51. The van der Waals surface area contributed by atoms with Crippen LogP contribution in [0.25, 0.3) is 0 Å². The highest BCUT2D eigenvalue weighted by molar-refractivity contribution is 6.00. The first-order valence-corrected chi connectivity index (χ1v) is 8.66. The molecule has 2 unspecified atom stereocenters. The number of hydrogen-bond donors (Lipinski definition) is 2. The Labute approximate surface area is 151 Å². The Kier molecular flexibility index (Phi) is 5.29. The van der Waals surface area contributed by atoms with Crippen molar-refractivity contribution < 1.29 is 29.0 Å². The number of carbonyl (C=O) groups is 3. The first kappa shape index (κ1) is 18.0. The Hall–Kier alpha value is -2.77. The van der Waals surface area contributed by atoms with Crippen molar-refractivity contribution >= 4 is 23.5 Å². The molecular formula is C18H22N2O6. The molecule has 0 bridgehead atoms. The molecule has 0 aliphatic carbocycles. The maximum atomic E-state index is 12.4. The van der Waals surface area contributed by atoms with Crippen LogP contribution in [0, 0.1) is 5.92 Å². The molecule has 0 saturated carbocycles. The first-order valence-electron chi connectivity index (χ1n) is 8.66. The fourth-order valence-corrected chi connectivity index (χ4v) is 3.11. The SMILES string of the molecule is CC(CCC(=O)O)NC(=O)C1CC(=O)N(c2ccc3c(c2)OCCO3)C1. The molecule has 0 radical (unpaired) electrons. The average molecular weight is 362 g/mol. The molecule has 2 heterocycles. The number of hydrogen-bond acceptors (Lipinski definition) is 5. The number of rotatable bonds is 6. The van der Waals surface area contributed by atoms with Crippen molar-refractivity contribution in [3.05, 3.63) is 18.2 Å². The van der Waals surface area contributed by atoms with Crippen LogP contribution in [0.15, 0.2) is 18.2 Å². The van der Waals surface area contributed by atoms with E-state index >= 15 is 0 Å². The third-order valence-corrected chi connectivity index (χ3v) is 4.51. The van der Waals surface area contributed by atoms with Gasteiger partial charge in [0, 0.05) is 37.2 Å². The smallest absolute Gasteiger partial charge is 0.303 e. The number of anilines is 1. The van der Waals surface area contributed by atoms with Gasteiger partial charge in [-0.2, -0.15) is 0 Å². The van der Waals surface area contributed by atoms with Gasteiger partial charge in [0.1, 0.15) is 13.2 Å². The number of nitrogens with one attached hydrogen (secondary N) is 1. The predicted octanol–water partition coefficient (Wildman–Crippen LogP) is 1.18. The topological polar surface area (TPSA) is 105 Å². The third kappa shape index (κ3) is 4.07. The van der Waals surface area contributed by atoms with Crippen molar-refractivity contribution in [3.8, 4) is 11.5 Å². The summed E-state index contributed by atoms with van der Waals surface area (Å²) < 4.78 is 11.0. The molecule has 0 spiro atoms. The van der Waals surface area contributed by atoms with E-state index < -0.39 is 11.9 Å². The average Bonchev–Trinajstić information content (AvgIpc) is 3.01. The van der Waals surface area contributed by atoms with Crippen molar-refractivity contribution in [1.82, 2.24) is 5.32 Å².